The average Bonchev–Trinajstić information content (AvgIpc) is 3.56. The van der Waals surface area contributed by atoms with Gasteiger partial charge in [-0.1, -0.05) is 43.7 Å². The highest BCUT2D eigenvalue weighted by molar-refractivity contribution is 7.93. The second-order valence-corrected chi connectivity index (χ2v) is 18.4. The first-order chi connectivity index (χ1) is 25.9. The van der Waals surface area contributed by atoms with E-state index >= 15 is 0 Å². The Balaban J connectivity index is 1.15. The molecular weight excluding hydrogens is 728 g/mol. The lowest BCUT2D eigenvalue weighted by atomic mass is 9.70. The summed E-state index contributed by atoms with van der Waals surface area (Å²) in [6.07, 6.45) is 12.9. The van der Waals surface area contributed by atoms with Gasteiger partial charge in [0, 0.05) is 37.3 Å². The molecule has 0 bridgehead atoms. The highest BCUT2D eigenvalue weighted by Crippen LogP contribution is 2.43. The number of methoxy groups -OCH3 is 1. The number of carbonyl (C=O) groups excluding carboxylic acids is 2. The lowest BCUT2D eigenvalue weighted by Crippen LogP contribution is -2.44. The average molecular weight is 779 g/mol. The van der Waals surface area contributed by atoms with Gasteiger partial charge in [0.05, 0.1) is 49.0 Å². The van der Waals surface area contributed by atoms with Crippen molar-refractivity contribution in [3.05, 3.63) is 82.3 Å². The lowest BCUT2D eigenvalue weighted by molar-refractivity contribution is -0.0286. The molecule has 2 aliphatic carbocycles. The van der Waals surface area contributed by atoms with Crippen LogP contribution >= 0.6 is 11.6 Å². The van der Waals surface area contributed by atoms with Crippen LogP contribution in [-0.4, -0.2) is 82.7 Å². The van der Waals surface area contributed by atoms with E-state index in [0.717, 1.165) is 30.7 Å². The molecule has 7 rings (SSSR count). The van der Waals surface area contributed by atoms with Crippen LogP contribution in [0.2, 0.25) is 5.02 Å². The monoisotopic (exact) mass is 778 g/mol. The molecule has 1 spiro atoms. The summed E-state index contributed by atoms with van der Waals surface area (Å²) in [7, 11) is -0.0233. The maximum Gasteiger partial charge on any atom is 0.305 e. The van der Waals surface area contributed by atoms with Crippen LogP contribution in [0.1, 0.15) is 90.9 Å². The van der Waals surface area contributed by atoms with E-state index in [0.29, 0.717) is 56.2 Å². The number of nitrogens with one attached hydrogen (secondary N) is 1. The number of nitrogens with zero attached hydrogens (tertiary/aromatic N) is 5. The third kappa shape index (κ3) is 7.69. The van der Waals surface area contributed by atoms with E-state index in [-0.39, 0.29) is 34.7 Å². The Morgan fingerprint density at radius 1 is 1.22 bits per heavy atom. The second-order valence-electron chi connectivity index (χ2n) is 15.7. The second kappa shape index (κ2) is 15.8. The molecule has 2 fully saturated rings. The van der Waals surface area contributed by atoms with Gasteiger partial charge >= 0.3 is 5.91 Å². The van der Waals surface area contributed by atoms with Gasteiger partial charge in [0.2, 0.25) is 0 Å². The van der Waals surface area contributed by atoms with Gasteiger partial charge < -0.3 is 19.1 Å². The molecule has 1 saturated carbocycles. The maximum absolute atomic E-state index is 14.9. The number of fused-ring (bicyclic) bond motifs is 3. The number of amides is 2. The summed E-state index contributed by atoms with van der Waals surface area (Å²) >= 11 is 6.36. The molecule has 4 heterocycles. The van der Waals surface area contributed by atoms with Crippen molar-refractivity contribution < 1.29 is 28.0 Å². The van der Waals surface area contributed by atoms with Crippen molar-refractivity contribution in [1.82, 2.24) is 19.5 Å². The Bertz CT molecular complexity index is 2040. The molecule has 1 saturated heterocycles. The number of halogens is 1. The summed E-state index contributed by atoms with van der Waals surface area (Å²) in [5, 5.41) is 4.32. The summed E-state index contributed by atoms with van der Waals surface area (Å²) < 4.78 is 41.0. The van der Waals surface area contributed by atoms with Crippen LogP contribution in [0.4, 0.5) is 5.82 Å². The highest BCUT2D eigenvalue weighted by atomic mass is 35.5. The van der Waals surface area contributed by atoms with Crippen LogP contribution in [0.3, 0.4) is 0 Å². The number of pyridine rings is 1. The van der Waals surface area contributed by atoms with E-state index in [1.54, 1.807) is 37.0 Å². The number of rotatable bonds is 11. The predicted octanol–water partition coefficient (Wildman–Crippen LogP) is 6.59. The van der Waals surface area contributed by atoms with Crippen molar-refractivity contribution in [3.63, 3.8) is 0 Å². The summed E-state index contributed by atoms with van der Waals surface area (Å²) in [5.74, 6) is 0.492. The molecule has 12 nitrogen and oxygen atoms in total. The van der Waals surface area contributed by atoms with E-state index in [1.807, 2.05) is 37.1 Å². The molecule has 2 aliphatic heterocycles. The van der Waals surface area contributed by atoms with Gasteiger partial charge in [-0.25, -0.2) is 9.19 Å². The van der Waals surface area contributed by atoms with Crippen molar-refractivity contribution in [3.8, 4) is 5.75 Å². The summed E-state index contributed by atoms with van der Waals surface area (Å²) in [4.78, 5) is 34.4. The standard InChI is InChI=1S/C40H51ClN6O6S/c1-25(8-6-10-35(51-5)32-13-11-26(32)2)27(3)54(50,44-38(48)29-19-42-47(20-29)31-21-52-22-31)45-39(49)34-15-16-36-37(43-34)46(4)23-40(24-53-36)17-7-9-28-18-30(41)12-14-33(28)40/h6,10,12,14-16,18-20,25-27,31-32,35H,7-9,11,13,17,21-24H2,1-5H3,(H,44,45,48,49,50)/b10-6+/t25-,26+,27+,32+,35-,40-,54?/m0/s1. The number of allylic oxidation sites excluding steroid dienone is 1. The van der Waals surface area contributed by atoms with E-state index in [2.05, 4.69) is 33.2 Å². The van der Waals surface area contributed by atoms with Crippen molar-refractivity contribution in [1.29, 1.82) is 0 Å². The zero-order chi connectivity index (χ0) is 38.2. The molecule has 7 atom stereocenters. The minimum atomic E-state index is -3.69. The van der Waals surface area contributed by atoms with Gasteiger partial charge in [0.15, 0.2) is 11.6 Å². The minimum Gasteiger partial charge on any atom is -0.489 e. The molecule has 4 aliphatic rings. The fraction of sp³-hybridized carbons (Fsp3) is 0.550. The Hall–Kier alpha value is -3.78. The Morgan fingerprint density at radius 3 is 2.74 bits per heavy atom. The van der Waals surface area contributed by atoms with Crippen molar-refractivity contribution in [2.75, 3.05) is 45.4 Å². The smallest absolute Gasteiger partial charge is 0.305 e. The first kappa shape index (κ1) is 38.5. The molecule has 1 N–H and O–H groups in total. The van der Waals surface area contributed by atoms with Gasteiger partial charge in [-0.2, -0.15) is 5.10 Å². The molecule has 1 unspecified atom stereocenters. The zero-order valence-corrected chi connectivity index (χ0v) is 33.3. The molecule has 14 heteroatoms. The molecule has 54 heavy (non-hydrogen) atoms. The van der Waals surface area contributed by atoms with E-state index in [9.17, 15) is 13.8 Å². The molecular formula is C40H51ClN6O6S. The SMILES string of the molecule is CO[C@@H](/C=C/C[C@H](C)[C@@H](C)S(=O)(=NC(=O)c1ccc2c(n1)N(C)C[C@@]1(CCCc3cc(Cl)ccc31)CO2)NC(=O)c1cnn(C2COC2)c1)[C@@H]1CC[C@H]1C. The summed E-state index contributed by atoms with van der Waals surface area (Å²) in [6, 6.07) is 9.37. The fourth-order valence-electron chi connectivity index (χ4n) is 8.19. The highest BCUT2D eigenvalue weighted by Gasteiger charge is 2.41. The third-order valence-corrected chi connectivity index (χ3v) is 14.7. The number of hydrogen-bond acceptors (Lipinski definition) is 9. The number of ether oxygens (including phenoxy) is 3. The number of hydrogen-bond donors (Lipinski definition) is 1. The predicted molar refractivity (Wildman–Crippen MR) is 209 cm³/mol. The first-order valence-electron chi connectivity index (χ1n) is 19.0. The summed E-state index contributed by atoms with van der Waals surface area (Å²) in [6.45, 7) is 8.04. The van der Waals surface area contributed by atoms with Crippen LogP contribution < -0.4 is 14.4 Å². The molecule has 2 aromatic heterocycles. The molecule has 3 aromatic rings. The van der Waals surface area contributed by atoms with E-state index in [4.69, 9.17) is 30.8 Å². The van der Waals surface area contributed by atoms with Gasteiger partial charge in [0.1, 0.15) is 15.6 Å². The van der Waals surface area contributed by atoms with Crippen LogP contribution in [0.5, 0.6) is 5.75 Å². The third-order valence-electron chi connectivity index (χ3n) is 12.0. The number of likely N-dealkylation sites (N-methyl/N-ethyl adjacent to an activating group) is 1. The van der Waals surface area contributed by atoms with Gasteiger partial charge in [0.25, 0.3) is 5.91 Å². The zero-order valence-electron chi connectivity index (χ0n) is 31.7. The fourth-order valence-corrected chi connectivity index (χ4v) is 10.2. The van der Waals surface area contributed by atoms with Crippen LogP contribution in [0.25, 0.3) is 0 Å². The molecule has 2 amide bonds. The summed E-state index contributed by atoms with van der Waals surface area (Å²) in [5.41, 5.74) is 2.40. The van der Waals surface area contributed by atoms with Crippen LogP contribution in [-0.2, 0) is 31.2 Å². The number of benzene rings is 1. The lowest BCUT2D eigenvalue weighted by Gasteiger charge is -2.39. The number of aryl methyl sites for hydroxylation is 1. The van der Waals surface area contributed by atoms with Gasteiger partial charge in [-0.05, 0) is 98.6 Å². The quantitative estimate of drug-likeness (QED) is 0.214. The van der Waals surface area contributed by atoms with E-state index < -0.39 is 27.0 Å². The normalized spacial score (nSPS) is 25.2. The largest absolute Gasteiger partial charge is 0.489 e. The topological polar surface area (TPSA) is 137 Å². The Morgan fingerprint density at radius 2 is 2.04 bits per heavy atom. The Labute approximate surface area is 323 Å². The van der Waals surface area contributed by atoms with Gasteiger partial charge in [-0.3, -0.25) is 19.0 Å². The number of aromatic nitrogens is 3. The minimum absolute atomic E-state index is 0.00631. The number of anilines is 1. The van der Waals surface area contributed by atoms with Crippen molar-refractivity contribution >= 4 is 39.1 Å². The Kier molecular flexibility index (Phi) is 11.2. The maximum atomic E-state index is 14.9. The van der Waals surface area contributed by atoms with Crippen molar-refractivity contribution in [2.24, 2.45) is 22.1 Å². The first-order valence-corrected chi connectivity index (χ1v) is 20.9. The number of carbonyl (C=O) groups is 2. The molecule has 290 valence electrons. The van der Waals surface area contributed by atoms with E-state index in [1.165, 1.54) is 23.7 Å². The molecule has 0 radical (unpaired) electrons. The van der Waals surface area contributed by atoms with Gasteiger partial charge in [-0.15, -0.1) is 4.36 Å². The molecule has 1 aromatic carbocycles. The van der Waals surface area contributed by atoms with Crippen LogP contribution in [0, 0.1) is 17.8 Å². The van der Waals surface area contributed by atoms with Crippen LogP contribution in [0.15, 0.2) is 59.2 Å². The van der Waals surface area contributed by atoms with Crippen molar-refractivity contribution in [2.45, 2.75) is 82.1 Å².